The number of carbonyl (C=O) groups is 1. The molecule has 0 aliphatic heterocycles. The molecule has 0 spiro atoms. The van der Waals surface area contributed by atoms with Gasteiger partial charge in [0.25, 0.3) is 5.91 Å². The van der Waals surface area contributed by atoms with Crippen molar-refractivity contribution in [2.45, 2.75) is 6.54 Å². The lowest BCUT2D eigenvalue weighted by atomic mass is 10.2. The van der Waals surface area contributed by atoms with Crippen molar-refractivity contribution in [3.63, 3.8) is 0 Å². The molecule has 2 aromatic heterocycles. The first-order chi connectivity index (χ1) is 7.79. The van der Waals surface area contributed by atoms with Crippen LogP contribution in [0.4, 0.5) is 5.82 Å². The smallest absolute Gasteiger partial charge is 0.256 e. The van der Waals surface area contributed by atoms with E-state index in [0.29, 0.717) is 23.6 Å². The van der Waals surface area contributed by atoms with Gasteiger partial charge in [0, 0.05) is 24.5 Å². The van der Waals surface area contributed by atoms with Crippen LogP contribution in [-0.2, 0) is 6.54 Å². The highest BCUT2D eigenvalue weighted by Gasteiger charge is 2.06. The lowest BCUT2D eigenvalue weighted by Gasteiger charge is -2.03. The van der Waals surface area contributed by atoms with E-state index in [2.05, 4.69) is 15.3 Å². The molecule has 5 nitrogen and oxygen atoms in total. The lowest BCUT2D eigenvalue weighted by molar-refractivity contribution is 0.102. The molecule has 0 aliphatic rings. The van der Waals surface area contributed by atoms with Gasteiger partial charge in [-0.15, -0.1) is 0 Å². The van der Waals surface area contributed by atoms with E-state index in [1.54, 1.807) is 30.6 Å². The average molecular weight is 216 g/mol. The molecule has 0 fully saturated rings. The van der Waals surface area contributed by atoms with Gasteiger partial charge < -0.3 is 16.0 Å². The van der Waals surface area contributed by atoms with Crippen molar-refractivity contribution in [1.82, 2.24) is 9.97 Å². The number of anilines is 1. The van der Waals surface area contributed by atoms with Gasteiger partial charge in [-0.25, -0.2) is 0 Å². The van der Waals surface area contributed by atoms with Gasteiger partial charge in [-0.3, -0.25) is 9.78 Å². The molecule has 0 aliphatic carbocycles. The number of rotatable bonds is 3. The Kier molecular flexibility index (Phi) is 2.98. The third-order valence-corrected chi connectivity index (χ3v) is 2.13. The summed E-state index contributed by atoms with van der Waals surface area (Å²) in [7, 11) is 0. The van der Waals surface area contributed by atoms with Crippen molar-refractivity contribution in [2.75, 3.05) is 5.32 Å². The molecule has 16 heavy (non-hydrogen) atoms. The van der Waals surface area contributed by atoms with Crippen LogP contribution in [0.2, 0.25) is 0 Å². The predicted molar refractivity (Wildman–Crippen MR) is 60.9 cm³/mol. The summed E-state index contributed by atoms with van der Waals surface area (Å²) in [5.74, 6) is 0.482. The molecule has 2 heterocycles. The number of hydrogen-bond donors (Lipinski definition) is 3. The molecule has 0 unspecified atom stereocenters. The molecule has 0 bridgehead atoms. The Labute approximate surface area is 92.7 Å². The number of nitrogens with two attached hydrogens (primary N) is 1. The van der Waals surface area contributed by atoms with Crippen LogP contribution in [0.1, 0.15) is 16.1 Å². The number of pyridine rings is 1. The number of hydrogen-bond acceptors (Lipinski definition) is 3. The molecule has 0 saturated carbocycles. The fourth-order valence-electron chi connectivity index (χ4n) is 1.33. The Balaban J connectivity index is 2.14. The molecule has 5 heteroatoms. The normalized spacial score (nSPS) is 10.1. The summed E-state index contributed by atoms with van der Waals surface area (Å²) in [6.45, 7) is 0.323. The highest BCUT2D eigenvalue weighted by Crippen LogP contribution is 2.06. The molecule has 0 atom stereocenters. The molecule has 0 saturated heterocycles. The van der Waals surface area contributed by atoms with Crippen LogP contribution in [-0.4, -0.2) is 15.9 Å². The Morgan fingerprint density at radius 3 is 3.06 bits per heavy atom. The van der Waals surface area contributed by atoms with Gasteiger partial charge in [-0.05, 0) is 24.3 Å². The molecule has 4 N–H and O–H groups in total. The lowest BCUT2D eigenvalue weighted by Crippen LogP contribution is -2.13. The third-order valence-electron chi connectivity index (χ3n) is 2.13. The van der Waals surface area contributed by atoms with Crippen LogP contribution in [0.5, 0.6) is 0 Å². The second-order valence-corrected chi connectivity index (χ2v) is 3.28. The van der Waals surface area contributed by atoms with E-state index >= 15 is 0 Å². The van der Waals surface area contributed by atoms with Crippen LogP contribution in [0.15, 0.2) is 36.7 Å². The summed E-state index contributed by atoms with van der Waals surface area (Å²) >= 11 is 0. The molecule has 2 aromatic rings. The molecule has 0 radical (unpaired) electrons. The molecular formula is C11H12N4O. The monoisotopic (exact) mass is 216 g/mol. The van der Waals surface area contributed by atoms with E-state index in [9.17, 15) is 4.79 Å². The van der Waals surface area contributed by atoms with Crippen LogP contribution < -0.4 is 11.1 Å². The first-order valence-corrected chi connectivity index (χ1v) is 4.89. The van der Waals surface area contributed by atoms with Gasteiger partial charge in [-0.1, -0.05) is 0 Å². The number of H-pyrrole nitrogens is 1. The second-order valence-electron chi connectivity index (χ2n) is 3.28. The van der Waals surface area contributed by atoms with Crippen LogP contribution in [0, 0.1) is 0 Å². The van der Waals surface area contributed by atoms with Crippen molar-refractivity contribution >= 4 is 11.7 Å². The first kappa shape index (κ1) is 10.4. The quantitative estimate of drug-likeness (QED) is 0.718. The summed E-state index contributed by atoms with van der Waals surface area (Å²) in [4.78, 5) is 18.7. The molecule has 0 aromatic carbocycles. The van der Waals surface area contributed by atoms with Gasteiger partial charge in [0.1, 0.15) is 5.82 Å². The van der Waals surface area contributed by atoms with Gasteiger partial charge in [0.05, 0.1) is 5.69 Å². The first-order valence-electron chi connectivity index (χ1n) is 4.89. The van der Waals surface area contributed by atoms with E-state index < -0.39 is 0 Å². The summed E-state index contributed by atoms with van der Waals surface area (Å²) in [5.41, 5.74) is 6.69. The summed E-state index contributed by atoms with van der Waals surface area (Å²) in [6.07, 6.45) is 3.32. The highest BCUT2D eigenvalue weighted by molar-refractivity contribution is 6.03. The maximum Gasteiger partial charge on any atom is 0.256 e. The number of amides is 1. The summed E-state index contributed by atoms with van der Waals surface area (Å²) < 4.78 is 0. The number of nitrogens with zero attached hydrogens (tertiary/aromatic N) is 1. The molecule has 1 amide bonds. The highest BCUT2D eigenvalue weighted by atomic mass is 16.1. The third kappa shape index (κ3) is 2.26. The fourth-order valence-corrected chi connectivity index (χ4v) is 1.33. The maximum absolute atomic E-state index is 11.8. The van der Waals surface area contributed by atoms with Crippen molar-refractivity contribution in [3.05, 3.63) is 47.9 Å². The SMILES string of the molecule is NCc1cc(C(=O)Nc2ccc[nH]2)ccn1. The van der Waals surface area contributed by atoms with Crippen molar-refractivity contribution in [2.24, 2.45) is 5.73 Å². The van der Waals surface area contributed by atoms with Crippen molar-refractivity contribution in [1.29, 1.82) is 0 Å². The maximum atomic E-state index is 11.8. The van der Waals surface area contributed by atoms with Crippen molar-refractivity contribution in [3.8, 4) is 0 Å². The van der Waals surface area contributed by atoms with Crippen LogP contribution >= 0.6 is 0 Å². The van der Waals surface area contributed by atoms with Gasteiger partial charge in [0.2, 0.25) is 0 Å². The van der Waals surface area contributed by atoms with E-state index in [-0.39, 0.29) is 5.91 Å². The van der Waals surface area contributed by atoms with Gasteiger partial charge in [-0.2, -0.15) is 0 Å². The van der Waals surface area contributed by atoms with Gasteiger partial charge in [0.15, 0.2) is 0 Å². The zero-order chi connectivity index (χ0) is 11.4. The number of aromatic amines is 1. The topological polar surface area (TPSA) is 83.8 Å². The summed E-state index contributed by atoms with van der Waals surface area (Å²) in [5, 5.41) is 2.73. The minimum atomic E-state index is -0.181. The van der Waals surface area contributed by atoms with E-state index in [1.165, 1.54) is 0 Å². The Morgan fingerprint density at radius 2 is 2.38 bits per heavy atom. The van der Waals surface area contributed by atoms with Crippen LogP contribution in [0.25, 0.3) is 0 Å². The second kappa shape index (κ2) is 4.59. The Hall–Kier alpha value is -2.14. The number of nitrogens with one attached hydrogen (secondary N) is 2. The minimum absolute atomic E-state index is 0.181. The Bertz CT molecular complexity index is 478. The average Bonchev–Trinajstić information content (AvgIpc) is 2.82. The standard InChI is InChI=1S/C11H12N4O/c12-7-9-6-8(3-5-13-9)11(16)15-10-2-1-4-14-10/h1-6,14H,7,12H2,(H,15,16). The minimum Gasteiger partial charge on any atom is -0.348 e. The largest absolute Gasteiger partial charge is 0.348 e. The fraction of sp³-hybridized carbons (Fsp3) is 0.0909. The van der Waals surface area contributed by atoms with E-state index in [0.717, 1.165) is 0 Å². The molecule has 82 valence electrons. The number of aromatic nitrogens is 2. The predicted octanol–water partition coefficient (Wildman–Crippen LogP) is 1.12. The van der Waals surface area contributed by atoms with Crippen molar-refractivity contribution < 1.29 is 4.79 Å². The van der Waals surface area contributed by atoms with E-state index in [4.69, 9.17) is 5.73 Å². The van der Waals surface area contributed by atoms with E-state index in [1.807, 2.05) is 6.07 Å². The van der Waals surface area contributed by atoms with Gasteiger partial charge >= 0.3 is 0 Å². The summed E-state index contributed by atoms with van der Waals surface area (Å²) in [6, 6.07) is 6.92. The number of carbonyl (C=O) groups excluding carboxylic acids is 1. The Morgan fingerprint density at radius 1 is 1.50 bits per heavy atom. The molecule has 2 rings (SSSR count). The van der Waals surface area contributed by atoms with Crippen LogP contribution in [0.3, 0.4) is 0 Å². The zero-order valence-electron chi connectivity index (χ0n) is 8.60. The molecular weight excluding hydrogens is 204 g/mol. The zero-order valence-corrected chi connectivity index (χ0v) is 8.60.